The summed E-state index contributed by atoms with van der Waals surface area (Å²) in [6.07, 6.45) is 47.4. The van der Waals surface area contributed by atoms with Crippen LogP contribution in [0, 0.1) is 0 Å². The number of rotatable bonds is 32. The van der Waals surface area contributed by atoms with E-state index in [9.17, 15) is 0 Å². The van der Waals surface area contributed by atoms with Crippen molar-refractivity contribution < 1.29 is 4.57 Å². The maximum Gasteiger partial charge on any atom is 0.256 e. The summed E-state index contributed by atoms with van der Waals surface area (Å²) in [4.78, 5) is 0. The van der Waals surface area contributed by atoms with Gasteiger partial charge in [-0.1, -0.05) is 175 Å². The first-order chi connectivity index (χ1) is 19.8. The van der Waals surface area contributed by atoms with Gasteiger partial charge in [-0.2, -0.15) is 0 Å². The van der Waals surface area contributed by atoms with E-state index in [0.717, 1.165) is 0 Å². The van der Waals surface area contributed by atoms with Gasteiger partial charge in [-0.3, -0.25) is 0 Å². The highest BCUT2D eigenvalue weighted by Crippen LogP contribution is 2.15. The minimum Gasteiger partial charge on any atom is -0.234 e. The number of nitrogens with zero attached hydrogens (tertiary/aromatic N) is 2. The highest BCUT2D eigenvalue weighted by molar-refractivity contribution is 4.84. The number of aryl methyl sites for hydroxylation is 2. The van der Waals surface area contributed by atoms with Gasteiger partial charge in [0.15, 0.2) is 0 Å². The van der Waals surface area contributed by atoms with Crippen molar-refractivity contribution in [2.45, 2.75) is 226 Å². The molecule has 0 saturated carbocycles. The third kappa shape index (κ3) is 21.9. The molecule has 0 radical (unpaired) electrons. The fourth-order valence-corrected chi connectivity index (χ4v) is 6.33. The summed E-state index contributed by atoms with van der Waals surface area (Å²) in [7, 11) is 0. The SMILES string of the molecule is CCCCCCCCCCCCCC[n+]1ccn(CCCCCCCCCC)c1CCCCCCCCCCC. The van der Waals surface area contributed by atoms with Gasteiger partial charge in [0.2, 0.25) is 0 Å². The van der Waals surface area contributed by atoms with E-state index < -0.39 is 0 Å². The molecule has 0 aliphatic carbocycles. The lowest BCUT2D eigenvalue weighted by atomic mass is 10.1. The molecule has 0 N–H and O–H groups in total. The van der Waals surface area contributed by atoms with Crippen molar-refractivity contribution in [1.82, 2.24) is 4.57 Å². The van der Waals surface area contributed by atoms with E-state index in [1.165, 1.54) is 206 Å². The van der Waals surface area contributed by atoms with Crippen LogP contribution in [-0.4, -0.2) is 4.57 Å². The Morgan fingerprint density at radius 1 is 0.425 bits per heavy atom. The van der Waals surface area contributed by atoms with Crippen molar-refractivity contribution in [3.05, 3.63) is 18.2 Å². The van der Waals surface area contributed by atoms with Gasteiger partial charge in [0.25, 0.3) is 5.82 Å². The molecular formula is C38H75N2+. The van der Waals surface area contributed by atoms with Crippen LogP contribution in [0.25, 0.3) is 0 Å². The normalized spacial score (nSPS) is 11.6. The van der Waals surface area contributed by atoms with Crippen molar-refractivity contribution in [3.63, 3.8) is 0 Å². The molecule has 2 nitrogen and oxygen atoms in total. The van der Waals surface area contributed by atoms with E-state index in [2.05, 4.69) is 42.3 Å². The van der Waals surface area contributed by atoms with Gasteiger partial charge in [0.1, 0.15) is 12.4 Å². The molecule has 1 aromatic heterocycles. The number of unbranched alkanes of at least 4 members (excludes halogenated alkanes) is 26. The molecule has 0 atom stereocenters. The van der Waals surface area contributed by atoms with E-state index >= 15 is 0 Å². The standard InChI is InChI=1S/C38H75N2/c1-4-7-10-13-16-19-20-21-23-26-29-32-35-40-37-36-39(34-31-28-25-18-15-12-9-6-3)38(40)33-30-27-24-22-17-14-11-8-5-2/h36-37H,4-35H2,1-3H3/q+1. The second-order valence-electron chi connectivity index (χ2n) is 13.0. The van der Waals surface area contributed by atoms with Crippen LogP contribution in [0.3, 0.4) is 0 Å². The fourth-order valence-electron chi connectivity index (χ4n) is 6.33. The topological polar surface area (TPSA) is 8.81 Å². The molecule has 0 amide bonds. The highest BCUT2D eigenvalue weighted by atomic mass is 15.1. The Morgan fingerprint density at radius 2 is 0.775 bits per heavy atom. The van der Waals surface area contributed by atoms with E-state index in [-0.39, 0.29) is 0 Å². The summed E-state index contributed by atoms with van der Waals surface area (Å²) in [5.41, 5.74) is 0. The summed E-state index contributed by atoms with van der Waals surface area (Å²) in [6.45, 7) is 9.40. The molecule has 0 aliphatic heterocycles. The van der Waals surface area contributed by atoms with Crippen molar-refractivity contribution in [1.29, 1.82) is 0 Å². The number of hydrogen-bond donors (Lipinski definition) is 0. The summed E-state index contributed by atoms with van der Waals surface area (Å²) in [6, 6.07) is 0. The lowest BCUT2D eigenvalue weighted by molar-refractivity contribution is -0.704. The smallest absolute Gasteiger partial charge is 0.234 e. The minimum absolute atomic E-state index is 1.23. The first kappa shape index (κ1) is 37.2. The maximum atomic E-state index is 2.63. The van der Waals surface area contributed by atoms with Crippen LogP contribution in [-0.2, 0) is 19.5 Å². The number of aromatic nitrogens is 2. The van der Waals surface area contributed by atoms with E-state index in [1.54, 1.807) is 5.82 Å². The fraction of sp³-hybridized carbons (Fsp3) is 0.921. The predicted molar refractivity (Wildman–Crippen MR) is 179 cm³/mol. The molecule has 0 spiro atoms. The zero-order valence-electron chi connectivity index (χ0n) is 28.2. The van der Waals surface area contributed by atoms with Gasteiger partial charge in [-0.05, 0) is 32.1 Å². The van der Waals surface area contributed by atoms with E-state index in [1.807, 2.05) is 0 Å². The molecule has 0 aliphatic rings. The van der Waals surface area contributed by atoms with Crippen molar-refractivity contribution in [2.75, 3.05) is 0 Å². The van der Waals surface area contributed by atoms with Crippen LogP contribution in [0.15, 0.2) is 12.4 Å². The quantitative estimate of drug-likeness (QED) is 0.0613. The zero-order valence-corrected chi connectivity index (χ0v) is 28.2. The maximum absolute atomic E-state index is 2.63. The second-order valence-corrected chi connectivity index (χ2v) is 13.0. The Bertz CT molecular complexity index is 619. The summed E-state index contributed by atoms with van der Waals surface area (Å²) in [5.74, 6) is 1.62. The second kappa shape index (κ2) is 29.7. The molecule has 0 fully saturated rings. The van der Waals surface area contributed by atoms with Crippen molar-refractivity contribution in [3.8, 4) is 0 Å². The Labute approximate surface area is 253 Å². The molecule has 1 aromatic rings. The molecule has 0 bridgehead atoms. The average molecular weight is 560 g/mol. The summed E-state index contributed by atoms with van der Waals surface area (Å²) in [5, 5.41) is 0. The van der Waals surface area contributed by atoms with E-state index in [0.29, 0.717) is 0 Å². The third-order valence-corrected chi connectivity index (χ3v) is 9.10. The molecule has 1 heterocycles. The van der Waals surface area contributed by atoms with Crippen LogP contribution < -0.4 is 4.57 Å². The average Bonchev–Trinajstić information content (AvgIpc) is 3.35. The first-order valence-electron chi connectivity index (χ1n) is 18.9. The Balaban J connectivity index is 2.31. The minimum atomic E-state index is 1.23. The highest BCUT2D eigenvalue weighted by Gasteiger charge is 2.16. The molecule has 236 valence electrons. The molecular weight excluding hydrogens is 484 g/mol. The monoisotopic (exact) mass is 560 g/mol. The van der Waals surface area contributed by atoms with Gasteiger partial charge >= 0.3 is 0 Å². The van der Waals surface area contributed by atoms with E-state index in [4.69, 9.17) is 0 Å². The van der Waals surface area contributed by atoms with Crippen LogP contribution >= 0.6 is 0 Å². The van der Waals surface area contributed by atoms with Gasteiger partial charge in [0.05, 0.1) is 13.1 Å². The Morgan fingerprint density at radius 3 is 1.20 bits per heavy atom. The number of hydrogen-bond acceptors (Lipinski definition) is 0. The van der Waals surface area contributed by atoms with Crippen LogP contribution in [0.2, 0.25) is 0 Å². The largest absolute Gasteiger partial charge is 0.256 e. The molecule has 0 unspecified atom stereocenters. The lowest BCUT2D eigenvalue weighted by Gasteiger charge is -2.07. The number of imidazole rings is 1. The van der Waals surface area contributed by atoms with Gasteiger partial charge < -0.3 is 0 Å². The van der Waals surface area contributed by atoms with Crippen molar-refractivity contribution >= 4 is 0 Å². The summed E-state index contributed by atoms with van der Waals surface area (Å²) < 4.78 is 5.26. The predicted octanol–water partition coefficient (Wildman–Crippen LogP) is 12.7. The van der Waals surface area contributed by atoms with Crippen LogP contribution in [0.5, 0.6) is 0 Å². The van der Waals surface area contributed by atoms with Crippen molar-refractivity contribution in [2.24, 2.45) is 0 Å². The van der Waals surface area contributed by atoms with Gasteiger partial charge in [-0.15, -0.1) is 0 Å². The Hall–Kier alpha value is -0.790. The van der Waals surface area contributed by atoms with Gasteiger partial charge in [-0.25, -0.2) is 9.13 Å². The Kier molecular flexibility index (Phi) is 27.6. The van der Waals surface area contributed by atoms with Crippen LogP contribution in [0.1, 0.15) is 213 Å². The van der Waals surface area contributed by atoms with Crippen LogP contribution in [0.4, 0.5) is 0 Å². The third-order valence-electron chi connectivity index (χ3n) is 9.10. The molecule has 40 heavy (non-hydrogen) atoms. The lowest BCUT2D eigenvalue weighted by Crippen LogP contribution is -2.37. The summed E-state index contributed by atoms with van der Waals surface area (Å²) >= 11 is 0. The van der Waals surface area contributed by atoms with Gasteiger partial charge in [0, 0.05) is 6.42 Å². The molecule has 0 aromatic carbocycles. The zero-order chi connectivity index (χ0) is 28.8. The molecule has 0 saturated heterocycles. The molecule has 2 heteroatoms. The first-order valence-corrected chi connectivity index (χ1v) is 18.9. The molecule has 1 rings (SSSR count).